The van der Waals surface area contributed by atoms with Crippen LogP contribution in [0.1, 0.15) is 30.1 Å². The Morgan fingerprint density at radius 1 is 1.29 bits per heavy atom. The zero-order valence-corrected chi connectivity index (χ0v) is 15.1. The molecule has 1 saturated heterocycles. The van der Waals surface area contributed by atoms with Gasteiger partial charge < -0.3 is 10.1 Å². The second-order valence-corrected chi connectivity index (χ2v) is 9.11. The highest BCUT2D eigenvalue weighted by Gasteiger charge is 2.28. The van der Waals surface area contributed by atoms with Crippen molar-refractivity contribution in [2.45, 2.75) is 25.0 Å². The van der Waals surface area contributed by atoms with Crippen molar-refractivity contribution < 1.29 is 22.7 Å². The fraction of sp³-hybridized carbons (Fsp3) is 0.500. The summed E-state index contributed by atoms with van der Waals surface area (Å²) in [5.41, 5.74) is 1.03. The van der Waals surface area contributed by atoms with E-state index >= 15 is 0 Å². The van der Waals surface area contributed by atoms with E-state index in [9.17, 15) is 18.0 Å². The number of amides is 1. The molecule has 0 radical (unpaired) electrons. The third-order valence-corrected chi connectivity index (χ3v) is 6.76. The molecule has 1 unspecified atom stereocenters. The fourth-order valence-electron chi connectivity index (χ4n) is 2.25. The first-order valence-electron chi connectivity index (χ1n) is 7.78. The second kappa shape index (κ2) is 8.53. The van der Waals surface area contributed by atoms with Crippen molar-refractivity contribution in [2.75, 3.05) is 29.2 Å². The summed E-state index contributed by atoms with van der Waals surface area (Å²) in [5, 5.41) is 2.73. The predicted molar refractivity (Wildman–Crippen MR) is 95.2 cm³/mol. The Morgan fingerprint density at radius 3 is 2.58 bits per heavy atom. The van der Waals surface area contributed by atoms with Gasteiger partial charge in [0.2, 0.25) is 5.91 Å². The normalized spacial score (nSPS) is 19.0. The Labute approximate surface area is 146 Å². The molecule has 0 aromatic heterocycles. The Balaban J connectivity index is 1.78. The van der Waals surface area contributed by atoms with Gasteiger partial charge in [-0.05, 0) is 37.1 Å². The maximum atomic E-state index is 11.9. The summed E-state index contributed by atoms with van der Waals surface area (Å²) in [6, 6.07) is 6.49. The number of ether oxygens (including phenoxy) is 1. The molecule has 0 spiro atoms. The maximum Gasteiger partial charge on any atom is 0.338 e. The number of thioether (sulfide) groups is 1. The van der Waals surface area contributed by atoms with Crippen LogP contribution in [-0.4, -0.2) is 49.4 Å². The van der Waals surface area contributed by atoms with Gasteiger partial charge in [0.25, 0.3) is 0 Å². The van der Waals surface area contributed by atoms with Crippen molar-refractivity contribution in [3.8, 4) is 0 Å². The lowest BCUT2D eigenvalue weighted by molar-refractivity contribution is -0.113. The van der Waals surface area contributed by atoms with E-state index in [4.69, 9.17) is 4.74 Å². The van der Waals surface area contributed by atoms with E-state index in [-0.39, 0.29) is 34.4 Å². The third kappa shape index (κ3) is 5.83. The van der Waals surface area contributed by atoms with Gasteiger partial charge in [-0.1, -0.05) is 6.92 Å². The van der Waals surface area contributed by atoms with E-state index in [1.807, 2.05) is 6.92 Å². The SMILES string of the molecule is CCCOC(=O)c1ccc(NC(=O)CSC2CCS(=O)(=O)C2)cc1. The lowest BCUT2D eigenvalue weighted by atomic mass is 10.2. The molecule has 1 fully saturated rings. The number of hydrogen-bond acceptors (Lipinski definition) is 6. The standard InChI is InChI=1S/C16H21NO5S2/c1-2-8-22-16(19)12-3-5-13(6-4-12)17-15(18)10-23-14-7-9-24(20,21)11-14/h3-6,14H,2,7-11H2,1H3,(H,17,18). The van der Waals surface area contributed by atoms with Crippen LogP contribution in [0.2, 0.25) is 0 Å². The van der Waals surface area contributed by atoms with Gasteiger partial charge >= 0.3 is 5.97 Å². The molecule has 0 saturated carbocycles. The average molecular weight is 371 g/mol. The Hall–Kier alpha value is -1.54. The highest BCUT2D eigenvalue weighted by Crippen LogP contribution is 2.24. The van der Waals surface area contributed by atoms with Gasteiger partial charge in [0.1, 0.15) is 0 Å². The van der Waals surface area contributed by atoms with Gasteiger partial charge in [0.15, 0.2) is 9.84 Å². The molecule has 1 aliphatic rings. The van der Waals surface area contributed by atoms with Crippen molar-refractivity contribution >= 4 is 39.2 Å². The maximum absolute atomic E-state index is 11.9. The first-order chi connectivity index (χ1) is 11.4. The molecule has 6 nitrogen and oxygen atoms in total. The molecule has 1 N–H and O–H groups in total. The lowest BCUT2D eigenvalue weighted by Gasteiger charge is -2.09. The number of carbonyl (C=O) groups excluding carboxylic acids is 2. The minimum absolute atomic E-state index is 0.00328. The van der Waals surface area contributed by atoms with Crippen LogP contribution in [0.3, 0.4) is 0 Å². The first kappa shape index (κ1) is 18.8. The molecule has 1 amide bonds. The molecule has 1 aliphatic heterocycles. The largest absolute Gasteiger partial charge is 0.462 e. The monoisotopic (exact) mass is 371 g/mol. The minimum atomic E-state index is -2.92. The highest BCUT2D eigenvalue weighted by molar-refractivity contribution is 8.02. The zero-order chi connectivity index (χ0) is 17.6. The van der Waals surface area contributed by atoms with Crippen LogP contribution < -0.4 is 5.32 Å². The molecule has 1 aromatic rings. The van der Waals surface area contributed by atoms with Crippen molar-refractivity contribution in [1.82, 2.24) is 0 Å². The van der Waals surface area contributed by atoms with Crippen LogP contribution in [0.4, 0.5) is 5.69 Å². The molecule has 132 valence electrons. The molecule has 0 bridgehead atoms. The van der Waals surface area contributed by atoms with Crippen LogP contribution in [0.25, 0.3) is 0 Å². The van der Waals surface area contributed by atoms with Crippen LogP contribution in [0.15, 0.2) is 24.3 Å². The molecular weight excluding hydrogens is 350 g/mol. The molecule has 0 aliphatic carbocycles. The van der Waals surface area contributed by atoms with Crippen LogP contribution >= 0.6 is 11.8 Å². The zero-order valence-electron chi connectivity index (χ0n) is 13.5. The Bertz CT molecular complexity index is 685. The van der Waals surface area contributed by atoms with Gasteiger partial charge in [0, 0.05) is 10.9 Å². The summed E-state index contributed by atoms with van der Waals surface area (Å²) in [7, 11) is -2.92. The summed E-state index contributed by atoms with van der Waals surface area (Å²) in [6.07, 6.45) is 1.37. The van der Waals surface area contributed by atoms with Crippen LogP contribution in [0.5, 0.6) is 0 Å². The van der Waals surface area contributed by atoms with E-state index in [1.54, 1.807) is 24.3 Å². The highest BCUT2D eigenvalue weighted by atomic mass is 32.2. The summed E-state index contributed by atoms with van der Waals surface area (Å²) in [5.74, 6) is 0.000315. The Kier molecular flexibility index (Phi) is 6.68. The summed E-state index contributed by atoms with van der Waals surface area (Å²) in [4.78, 5) is 23.6. The number of anilines is 1. The second-order valence-electron chi connectivity index (χ2n) is 5.60. The number of sulfone groups is 1. The number of benzene rings is 1. The Morgan fingerprint density at radius 2 is 2.00 bits per heavy atom. The van der Waals surface area contributed by atoms with E-state index in [1.165, 1.54) is 11.8 Å². The summed E-state index contributed by atoms with van der Waals surface area (Å²) >= 11 is 1.37. The van der Waals surface area contributed by atoms with Gasteiger partial charge in [0.05, 0.1) is 29.4 Å². The summed E-state index contributed by atoms with van der Waals surface area (Å²) < 4.78 is 27.8. The van der Waals surface area contributed by atoms with Gasteiger partial charge in [-0.25, -0.2) is 13.2 Å². The topological polar surface area (TPSA) is 89.5 Å². The van der Waals surface area contributed by atoms with Crippen molar-refractivity contribution in [3.63, 3.8) is 0 Å². The number of rotatable bonds is 7. The lowest BCUT2D eigenvalue weighted by Crippen LogP contribution is -2.17. The van der Waals surface area contributed by atoms with Crippen molar-refractivity contribution in [3.05, 3.63) is 29.8 Å². The first-order valence-corrected chi connectivity index (χ1v) is 10.7. The molecule has 8 heteroatoms. The number of nitrogens with one attached hydrogen (secondary N) is 1. The van der Waals surface area contributed by atoms with Gasteiger partial charge in [-0.3, -0.25) is 4.79 Å². The van der Waals surface area contributed by atoms with Gasteiger partial charge in [-0.2, -0.15) is 0 Å². The average Bonchev–Trinajstić information content (AvgIpc) is 2.90. The molecule has 2 rings (SSSR count). The molecular formula is C16H21NO5S2. The van der Waals surface area contributed by atoms with E-state index in [2.05, 4.69) is 5.32 Å². The summed E-state index contributed by atoms with van der Waals surface area (Å²) in [6.45, 7) is 2.30. The van der Waals surface area contributed by atoms with Gasteiger partial charge in [-0.15, -0.1) is 11.8 Å². The van der Waals surface area contributed by atoms with Crippen LogP contribution in [-0.2, 0) is 19.4 Å². The predicted octanol–water partition coefficient (Wildman–Crippen LogP) is 2.11. The molecule has 1 heterocycles. The number of carbonyl (C=O) groups is 2. The fourth-order valence-corrected chi connectivity index (χ4v) is 5.69. The van der Waals surface area contributed by atoms with Crippen LogP contribution in [0, 0.1) is 0 Å². The minimum Gasteiger partial charge on any atom is -0.462 e. The quantitative estimate of drug-likeness (QED) is 0.739. The van der Waals surface area contributed by atoms with E-state index in [0.29, 0.717) is 24.3 Å². The third-order valence-electron chi connectivity index (χ3n) is 3.48. The smallest absolute Gasteiger partial charge is 0.338 e. The molecule has 1 aromatic carbocycles. The van der Waals surface area contributed by atoms with E-state index in [0.717, 1.165) is 6.42 Å². The van der Waals surface area contributed by atoms with Crippen molar-refractivity contribution in [2.24, 2.45) is 0 Å². The van der Waals surface area contributed by atoms with Crippen molar-refractivity contribution in [1.29, 1.82) is 0 Å². The number of esters is 1. The molecule has 1 atom stereocenters. The molecule has 24 heavy (non-hydrogen) atoms. The number of hydrogen-bond donors (Lipinski definition) is 1. The van der Waals surface area contributed by atoms with E-state index < -0.39 is 9.84 Å².